The lowest BCUT2D eigenvalue weighted by Gasteiger charge is -2.14. The number of rotatable bonds is 6. The van der Waals surface area contributed by atoms with E-state index in [2.05, 4.69) is 5.32 Å². The van der Waals surface area contributed by atoms with Crippen LogP contribution < -0.4 is 11.1 Å². The summed E-state index contributed by atoms with van der Waals surface area (Å²) in [4.78, 5) is 32.0. The van der Waals surface area contributed by atoms with Gasteiger partial charge in [0.25, 0.3) is 0 Å². The van der Waals surface area contributed by atoms with Crippen LogP contribution in [0.25, 0.3) is 0 Å². The van der Waals surface area contributed by atoms with E-state index in [4.69, 9.17) is 15.9 Å². The second kappa shape index (κ2) is 5.97. The number of nitrogens with one attached hydrogen (secondary N) is 1. The summed E-state index contributed by atoms with van der Waals surface area (Å²) in [5.41, 5.74) is 4.84. The van der Waals surface area contributed by atoms with E-state index in [1.54, 1.807) is 0 Å². The molecule has 0 aliphatic rings. The first-order valence-electron chi connectivity index (χ1n) is 4.34. The van der Waals surface area contributed by atoms with E-state index >= 15 is 0 Å². The maximum atomic E-state index is 11.0. The predicted molar refractivity (Wildman–Crippen MR) is 49.7 cm³/mol. The average Bonchev–Trinajstić information content (AvgIpc) is 2.10. The number of nitrogens with two attached hydrogens (primary N) is 1. The zero-order valence-electron chi connectivity index (χ0n) is 8.27. The largest absolute Gasteiger partial charge is 0.480 e. The van der Waals surface area contributed by atoms with Crippen molar-refractivity contribution in [3.63, 3.8) is 0 Å². The van der Waals surface area contributed by atoms with Gasteiger partial charge in [0.2, 0.25) is 11.8 Å². The molecule has 0 aliphatic heterocycles. The summed E-state index contributed by atoms with van der Waals surface area (Å²) in [5, 5.41) is 19.6. The molecular formula is C8H14N2O5. The minimum atomic E-state index is -1.29. The first-order valence-corrected chi connectivity index (χ1v) is 4.34. The Hall–Kier alpha value is -1.63. The van der Waals surface area contributed by atoms with Gasteiger partial charge in [0.05, 0.1) is 0 Å². The Labute approximate surface area is 86.3 Å². The van der Waals surface area contributed by atoms with Gasteiger partial charge in [-0.15, -0.1) is 0 Å². The topological polar surface area (TPSA) is 130 Å². The number of hydrogen-bond donors (Lipinski definition) is 4. The number of carbonyl (C=O) groups excluding carboxylic acids is 2. The molecule has 15 heavy (non-hydrogen) atoms. The van der Waals surface area contributed by atoms with Crippen molar-refractivity contribution in [2.24, 2.45) is 5.73 Å². The van der Waals surface area contributed by atoms with Crippen molar-refractivity contribution in [2.45, 2.75) is 31.9 Å². The Kier molecular flexibility index (Phi) is 5.32. The molecule has 0 spiro atoms. The molecule has 0 bridgehead atoms. The number of carboxylic acid groups (broad SMARTS) is 1. The number of aliphatic hydroxyl groups is 1. The van der Waals surface area contributed by atoms with Crippen LogP contribution in [0.1, 0.15) is 19.8 Å². The summed E-state index contributed by atoms with van der Waals surface area (Å²) in [7, 11) is 0. The van der Waals surface area contributed by atoms with Gasteiger partial charge in [-0.2, -0.15) is 0 Å². The van der Waals surface area contributed by atoms with Crippen LogP contribution in [-0.4, -0.2) is 40.1 Å². The molecule has 0 radical (unpaired) electrons. The van der Waals surface area contributed by atoms with Crippen LogP contribution >= 0.6 is 0 Å². The van der Waals surface area contributed by atoms with Crippen molar-refractivity contribution in [3.05, 3.63) is 0 Å². The van der Waals surface area contributed by atoms with E-state index in [-0.39, 0.29) is 12.8 Å². The first-order chi connectivity index (χ1) is 6.84. The van der Waals surface area contributed by atoms with Crippen molar-refractivity contribution in [1.29, 1.82) is 0 Å². The van der Waals surface area contributed by atoms with Gasteiger partial charge in [0.15, 0.2) is 0 Å². The summed E-state index contributed by atoms with van der Waals surface area (Å²) in [6.07, 6.45) is -1.53. The molecule has 2 atom stereocenters. The summed E-state index contributed by atoms with van der Waals surface area (Å²) >= 11 is 0. The normalized spacial score (nSPS) is 14.0. The predicted octanol–water partition coefficient (Wildman–Crippen LogP) is -1.80. The maximum Gasteiger partial charge on any atom is 0.326 e. The van der Waals surface area contributed by atoms with Crippen molar-refractivity contribution >= 4 is 17.8 Å². The Balaban J connectivity index is 4.22. The molecule has 0 heterocycles. The number of carbonyl (C=O) groups is 3. The Bertz CT molecular complexity index is 264. The van der Waals surface area contributed by atoms with E-state index < -0.39 is 29.9 Å². The SMILES string of the molecule is C[C@H](O)C(=O)N[C@H](CCC(N)=O)C(=O)O. The van der Waals surface area contributed by atoms with Crippen molar-refractivity contribution in [2.75, 3.05) is 0 Å². The van der Waals surface area contributed by atoms with E-state index in [1.807, 2.05) is 0 Å². The molecule has 5 N–H and O–H groups in total. The fraction of sp³-hybridized carbons (Fsp3) is 0.625. The third-order valence-electron chi connectivity index (χ3n) is 1.67. The third kappa shape index (κ3) is 5.63. The van der Waals surface area contributed by atoms with Gasteiger partial charge in [0.1, 0.15) is 12.1 Å². The molecule has 0 aromatic heterocycles. The lowest BCUT2D eigenvalue weighted by Crippen LogP contribution is -2.45. The highest BCUT2D eigenvalue weighted by atomic mass is 16.4. The molecular weight excluding hydrogens is 204 g/mol. The Morgan fingerprint density at radius 2 is 1.93 bits per heavy atom. The molecule has 0 aromatic rings. The summed E-state index contributed by atoms with van der Waals surface area (Å²) < 4.78 is 0. The van der Waals surface area contributed by atoms with E-state index in [9.17, 15) is 14.4 Å². The first kappa shape index (κ1) is 13.4. The van der Waals surface area contributed by atoms with Crippen LogP contribution in [0.3, 0.4) is 0 Å². The maximum absolute atomic E-state index is 11.0. The third-order valence-corrected chi connectivity index (χ3v) is 1.67. The lowest BCUT2D eigenvalue weighted by molar-refractivity contribution is -0.143. The molecule has 86 valence electrons. The summed E-state index contributed by atoms with van der Waals surface area (Å²) in [6, 6.07) is -1.21. The highest BCUT2D eigenvalue weighted by Gasteiger charge is 2.22. The molecule has 0 saturated carbocycles. The van der Waals surface area contributed by atoms with E-state index in [0.29, 0.717) is 0 Å². The molecule has 2 amide bonds. The molecule has 7 nitrogen and oxygen atoms in total. The number of carboxylic acids is 1. The van der Waals surface area contributed by atoms with Gasteiger partial charge in [-0.3, -0.25) is 9.59 Å². The van der Waals surface area contributed by atoms with Gasteiger partial charge in [0, 0.05) is 6.42 Å². The lowest BCUT2D eigenvalue weighted by atomic mass is 10.1. The standard InChI is InChI=1S/C8H14N2O5/c1-4(11)7(13)10-5(8(14)15)2-3-6(9)12/h4-5,11H,2-3H2,1H3,(H2,9,12)(H,10,13)(H,14,15)/t4-,5+/m0/s1. The van der Waals surface area contributed by atoms with Gasteiger partial charge in [-0.05, 0) is 13.3 Å². The fourth-order valence-corrected chi connectivity index (χ4v) is 0.836. The second-order valence-corrected chi connectivity index (χ2v) is 3.08. The summed E-state index contributed by atoms with van der Waals surface area (Å²) in [5.74, 6) is -2.72. The Morgan fingerprint density at radius 1 is 1.40 bits per heavy atom. The van der Waals surface area contributed by atoms with Gasteiger partial charge >= 0.3 is 5.97 Å². The number of primary amides is 1. The van der Waals surface area contributed by atoms with Gasteiger partial charge in [-0.1, -0.05) is 0 Å². The van der Waals surface area contributed by atoms with Crippen LogP contribution in [0.5, 0.6) is 0 Å². The van der Waals surface area contributed by atoms with Crippen molar-refractivity contribution in [1.82, 2.24) is 5.32 Å². The van der Waals surface area contributed by atoms with Crippen LogP contribution in [0.15, 0.2) is 0 Å². The minimum absolute atomic E-state index is 0.0941. The van der Waals surface area contributed by atoms with Crippen LogP contribution in [0.4, 0.5) is 0 Å². The number of aliphatic carboxylic acids is 1. The molecule has 7 heteroatoms. The van der Waals surface area contributed by atoms with Gasteiger partial charge < -0.3 is 21.3 Å². The molecule has 0 rings (SSSR count). The smallest absolute Gasteiger partial charge is 0.326 e. The van der Waals surface area contributed by atoms with Crippen LogP contribution in [-0.2, 0) is 14.4 Å². The molecule has 0 aromatic carbocycles. The highest BCUT2D eigenvalue weighted by molar-refractivity contribution is 5.86. The molecule has 0 unspecified atom stereocenters. The molecule has 0 fully saturated rings. The zero-order chi connectivity index (χ0) is 12.0. The van der Waals surface area contributed by atoms with Crippen LogP contribution in [0.2, 0.25) is 0 Å². The van der Waals surface area contributed by atoms with E-state index in [0.717, 1.165) is 0 Å². The minimum Gasteiger partial charge on any atom is -0.480 e. The van der Waals surface area contributed by atoms with Crippen molar-refractivity contribution in [3.8, 4) is 0 Å². The van der Waals surface area contributed by atoms with Gasteiger partial charge in [-0.25, -0.2) is 4.79 Å². The number of hydrogen-bond acceptors (Lipinski definition) is 4. The van der Waals surface area contributed by atoms with E-state index in [1.165, 1.54) is 6.92 Å². The zero-order valence-corrected chi connectivity index (χ0v) is 8.27. The highest BCUT2D eigenvalue weighted by Crippen LogP contribution is 1.98. The number of amides is 2. The summed E-state index contributed by atoms with van der Waals surface area (Å²) in [6.45, 7) is 1.21. The second-order valence-electron chi connectivity index (χ2n) is 3.08. The molecule has 0 aliphatic carbocycles. The van der Waals surface area contributed by atoms with Crippen LogP contribution in [0, 0.1) is 0 Å². The monoisotopic (exact) mass is 218 g/mol. The fourth-order valence-electron chi connectivity index (χ4n) is 0.836. The number of aliphatic hydroxyl groups excluding tert-OH is 1. The Morgan fingerprint density at radius 3 is 2.27 bits per heavy atom. The average molecular weight is 218 g/mol. The van der Waals surface area contributed by atoms with Crippen molar-refractivity contribution < 1.29 is 24.6 Å². The molecule has 0 saturated heterocycles. The quantitative estimate of drug-likeness (QED) is 0.418.